The van der Waals surface area contributed by atoms with Crippen LogP contribution >= 0.6 is 0 Å². The molecule has 0 spiro atoms. The molecule has 0 fully saturated rings. The van der Waals surface area contributed by atoms with Crippen LogP contribution in [-0.4, -0.2) is 21.6 Å². The lowest BCUT2D eigenvalue weighted by Gasteiger charge is -2.07. The summed E-state index contributed by atoms with van der Waals surface area (Å²) in [6, 6.07) is 4.54. The van der Waals surface area contributed by atoms with E-state index in [-0.39, 0.29) is 17.8 Å². The summed E-state index contributed by atoms with van der Waals surface area (Å²) in [5.41, 5.74) is 7.02. The van der Waals surface area contributed by atoms with Gasteiger partial charge in [-0.25, -0.2) is 4.39 Å². The van der Waals surface area contributed by atoms with Crippen molar-refractivity contribution in [3.8, 4) is 17.4 Å². The zero-order chi connectivity index (χ0) is 13.1. The smallest absolute Gasteiger partial charge is 0.321 e. The second kappa shape index (κ2) is 4.95. The van der Waals surface area contributed by atoms with Crippen molar-refractivity contribution in [2.45, 2.75) is 13.8 Å². The molecule has 0 bridgehead atoms. The maximum atomic E-state index is 13.0. The Bertz CT molecular complexity index is 574. The molecule has 1 aromatic carbocycles. The largest absolute Gasteiger partial charge is 0.464 e. The highest BCUT2D eigenvalue weighted by Gasteiger charge is 2.10. The second-order valence-electron chi connectivity index (χ2n) is 3.69. The molecule has 2 N–H and O–H groups in total. The van der Waals surface area contributed by atoms with Gasteiger partial charge >= 0.3 is 6.01 Å². The van der Waals surface area contributed by atoms with E-state index in [9.17, 15) is 4.39 Å². The maximum Gasteiger partial charge on any atom is 0.321 e. The molecular weight excluding hydrogens is 235 g/mol. The number of benzene rings is 1. The SMILES string of the molecule is CCOc1nc(N)nc(-c2ccc(F)cc2C)n1. The molecule has 0 atom stereocenters. The zero-order valence-electron chi connectivity index (χ0n) is 10.1. The minimum Gasteiger partial charge on any atom is -0.464 e. The Morgan fingerprint density at radius 3 is 2.72 bits per heavy atom. The highest BCUT2D eigenvalue weighted by Crippen LogP contribution is 2.22. The van der Waals surface area contributed by atoms with Crippen molar-refractivity contribution in [3.05, 3.63) is 29.6 Å². The van der Waals surface area contributed by atoms with E-state index in [4.69, 9.17) is 10.5 Å². The van der Waals surface area contributed by atoms with Crippen molar-refractivity contribution < 1.29 is 9.13 Å². The number of ether oxygens (including phenoxy) is 1. The van der Waals surface area contributed by atoms with E-state index < -0.39 is 0 Å². The Labute approximate surface area is 104 Å². The molecule has 18 heavy (non-hydrogen) atoms. The number of aryl methyl sites for hydroxylation is 1. The number of anilines is 1. The van der Waals surface area contributed by atoms with Crippen molar-refractivity contribution >= 4 is 5.95 Å². The van der Waals surface area contributed by atoms with Crippen LogP contribution in [0.1, 0.15) is 12.5 Å². The third-order valence-corrected chi connectivity index (χ3v) is 2.33. The molecule has 94 valence electrons. The Morgan fingerprint density at radius 2 is 2.06 bits per heavy atom. The highest BCUT2D eigenvalue weighted by atomic mass is 19.1. The normalized spacial score (nSPS) is 10.4. The van der Waals surface area contributed by atoms with Gasteiger partial charge in [-0.15, -0.1) is 0 Å². The minimum atomic E-state index is -0.302. The molecule has 2 rings (SSSR count). The summed E-state index contributed by atoms with van der Waals surface area (Å²) in [5, 5.41) is 0. The van der Waals surface area contributed by atoms with Gasteiger partial charge in [-0.05, 0) is 37.6 Å². The summed E-state index contributed by atoms with van der Waals surface area (Å²) in [7, 11) is 0. The van der Waals surface area contributed by atoms with Crippen molar-refractivity contribution in [1.29, 1.82) is 0 Å². The second-order valence-corrected chi connectivity index (χ2v) is 3.69. The van der Waals surface area contributed by atoms with Gasteiger partial charge in [-0.3, -0.25) is 0 Å². The molecule has 0 unspecified atom stereocenters. The van der Waals surface area contributed by atoms with Gasteiger partial charge in [0.1, 0.15) is 5.82 Å². The molecule has 0 aliphatic rings. The Morgan fingerprint density at radius 1 is 1.28 bits per heavy atom. The van der Waals surface area contributed by atoms with Crippen LogP contribution in [0.2, 0.25) is 0 Å². The average Bonchev–Trinajstić information content (AvgIpc) is 2.28. The van der Waals surface area contributed by atoms with Crippen LogP contribution in [-0.2, 0) is 0 Å². The molecular formula is C12H13FN4O. The van der Waals surface area contributed by atoms with E-state index in [1.54, 1.807) is 13.0 Å². The van der Waals surface area contributed by atoms with Gasteiger partial charge in [0.05, 0.1) is 6.61 Å². The molecule has 0 saturated carbocycles. The first-order chi connectivity index (χ1) is 8.60. The fraction of sp³-hybridized carbons (Fsp3) is 0.250. The fourth-order valence-electron chi connectivity index (χ4n) is 1.56. The minimum absolute atomic E-state index is 0.0761. The summed E-state index contributed by atoms with van der Waals surface area (Å²) in [6.45, 7) is 4.03. The fourth-order valence-corrected chi connectivity index (χ4v) is 1.56. The first-order valence-corrected chi connectivity index (χ1v) is 5.51. The topological polar surface area (TPSA) is 73.9 Å². The number of nitrogen functional groups attached to an aromatic ring is 1. The number of halogens is 1. The van der Waals surface area contributed by atoms with Gasteiger partial charge in [-0.1, -0.05) is 0 Å². The highest BCUT2D eigenvalue weighted by molar-refractivity contribution is 5.60. The monoisotopic (exact) mass is 248 g/mol. The van der Waals surface area contributed by atoms with Crippen LogP contribution in [0.25, 0.3) is 11.4 Å². The average molecular weight is 248 g/mol. The Balaban J connectivity index is 2.49. The van der Waals surface area contributed by atoms with Gasteiger partial charge in [0.2, 0.25) is 5.95 Å². The molecule has 5 nitrogen and oxygen atoms in total. The van der Waals surface area contributed by atoms with Crippen molar-refractivity contribution in [1.82, 2.24) is 15.0 Å². The lowest BCUT2D eigenvalue weighted by molar-refractivity contribution is 0.312. The number of aromatic nitrogens is 3. The van der Waals surface area contributed by atoms with E-state index in [0.717, 1.165) is 5.56 Å². The van der Waals surface area contributed by atoms with Gasteiger partial charge in [0.15, 0.2) is 5.82 Å². The summed E-state index contributed by atoms with van der Waals surface area (Å²) in [4.78, 5) is 12.0. The van der Waals surface area contributed by atoms with E-state index in [1.165, 1.54) is 12.1 Å². The van der Waals surface area contributed by atoms with Crippen LogP contribution in [0.3, 0.4) is 0 Å². The van der Waals surface area contributed by atoms with Gasteiger partial charge in [0, 0.05) is 5.56 Å². The van der Waals surface area contributed by atoms with E-state index in [2.05, 4.69) is 15.0 Å². The van der Waals surface area contributed by atoms with Crippen LogP contribution in [0, 0.1) is 12.7 Å². The van der Waals surface area contributed by atoms with Gasteiger partial charge in [-0.2, -0.15) is 15.0 Å². The quantitative estimate of drug-likeness (QED) is 0.898. The summed E-state index contributed by atoms with van der Waals surface area (Å²) in [5.74, 6) is 0.152. The first kappa shape index (κ1) is 12.2. The van der Waals surface area contributed by atoms with E-state index >= 15 is 0 Å². The molecule has 0 aliphatic carbocycles. The third-order valence-electron chi connectivity index (χ3n) is 2.33. The zero-order valence-corrected chi connectivity index (χ0v) is 10.1. The molecule has 0 saturated heterocycles. The molecule has 2 aromatic rings. The number of rotatable bonds is 3. The van der Waals surface area contributed by atoms with Crippen LogP contribution in [0.4, 0.5) is 10.3 Å². The van der Waals surface area contributed by atoms with Crippen LogP contribution in [0.5, 0.6) is 6.01 Å². The lowest BCUT2D eigenvalue weighted by atomic mass is 10.1. The third kappa shape index (κ3) is 2.53. The van der Waals surface area contributed by atoms with E-state index in [1.807, 2.05) is 6.92 Å². The molecule has 1 heterocycles. The number of nitrogens with two attached hydrogens (primary N) is 1. The van der Waals surface area contributed by atoms with Crippen molar-refractivity contribution in [3.63, 3.8) is 0 Å². The summed E-state index contributed by atoms with van der Waals surface area (Å²) < 4.78 is 18.2. The number of hydrogen-bond donors (Lipinski definition) is 1. The summed E-state index contributed by atoms with van der Waals surface area (Å²) >= 11 is 0. The predicted octanol–water partition coefficient (Wildman–Crippen LogP) is 1.97. The molecule has 0 amide bonds. The van der Waals surface area contributed by atoms with Crippen LogP contribution in [0.15, 0.2) is 18.2 Å². The van der Waals surface area contributed by atoms with Crippen LogP contribution < -0.4 is 10.5 Å². The Kier molecular flexibility index (Phi) is 3.36. The molecule has 6 heteroatoms. The van der Waals surface area contributed by atoms with E-state index in [0.29, 0.717) is 18.0 Å². The van der Waals surface area contributed by atoms with Crippen molar-refractivity contribution in [2.24, 2.45) is 0 Å². The maximum absolute atomic E-state index is 13.0. The molecule has 0 aliphatic heterocycles. The van der Waals surface area contributed by atoms with Gasteiger partial charge in [0.25, 0.3) is 0 Å². The first-order valence-electron chi connectivity index (χ1n) is 5.51. The predicted molar refractivity (Wildman–Crippen MR) is 65.5 cm³/mol. The van der Waals surface area contributed by atoms with Gasteiger partial charge < -0.3 is 10.5 Å². The molecule has 1 aromatic heterocycles. The lowest BCUT2D eigenvalue weighted by Crippen LogP contribution is -2.05. The number of nitrogens with zero attached hydrogens (tertiary/aromatic N) is 3. The Hall–Kier alpha value is -2.24. The molecule has 0 radical (unpaired) electrons. The number of hydrogen-bond acceptors (Lipinski definition) is 5. The van der Waals surface area contributed by atoms with Crippen molar-refractivity contribution in [2.75, 3.05) is 12.3 Å². The summed E-state index contributed by atoms with van der Waals surface area (Å²) in [6.07, 6.45) is 0. The standard InChI is InChI=1S/C12H13FN4O/c1-3-18-12-16-10(15-11(14)17-12)9-5-4-8(13)6-7(9)2/h4-6H,3H2,1-2H3,(H2,14,15,16,17).